The van der Waals surface area contributed by atoms with E-state index in [4.69, 9.17) is 4.52 Å². The summed E-state index contributed by atoms with van der Waals surface area (Å²) >= 11 is 0. The molecule has 2 fully saturated rings. The molecule has 1 amide bonds. The van der Waals surface area contributed by atoms with Gasteiger partial charge in [-0.1, -0.05) is 18.0 Å². The maximum absolute atomic E-state index is 11.9. The monoisotopic (exact) mass is 291 g/mol. The molecular weight excluding hydrogens is 266 g/mol. The Kier molecular flexibility index (Phi) is 4.58. The largest absolute Gasteiger partial charge is 0.361 e. The zero-order chi connectivity index (χ0) is 14.7. The van der Waals surface area contributed by atoms with Gasteiger partial charge >= 0.3 is 0 Å². The number of rotatable bonds is 5. The zero-order valence-electron chi connectivity index (χ0n) is 12.8. The number of hydrogen-bond donors (Lipinski definition) is 1. The maximum atomic E-state index is 11.9. The lowest BCUT2D eigenvalue weighted by Gasteiger charge is -2.23. The van der Waals surface area contributed by atoms with Crippen molar-refractivity contribution in [3.05, 3.63) is 17.5 Å². The number of nitrogens with one attached hydrogen (secondary N) is 1. The van der Waals surface area contributed by atoms with Gasteiger partial charge in [-0.15, -0.1) is 0 Å². The zero-order valence-corrected chi connectivity index (χ0v) is 12.8. The average molecular weight is 291 g/mol. The second kappa shape index (κ2) is 6.60. The van der Waals surface area contributed by atoms with Crippen LogP contribution < -0.4 is 5.32 Å². The molecule has 1 N–H and O–H groups in total. The Hall–Kier alpha value is -1.36. The van der Waals surface area contributed by atoms with Crippen molar-refractivity contribution in [2.75, 3.05) is 19.6 Å². The summed E-state index contributed by atoms with van der Waals surface area (Å²) in [6.45, 7) is 5.00. The minimum absolute atomic E-state index is 0.0328. The molecule has 1 unspecified atom stereocenters. The fourth-order valence-corrected chi connectivity index (χ4v) is 3.61. The normalized spacial score (nSPS) is 23.8. The van der Waals surface area contributed by atoms with Gasteiger partial charge in [0.05, 0.1) is 12.1 Å². The van der Waals surface area contributed by atoms with E-state index in [-0.39, 0.29) is 5.91 Å². The van der Waals surface area contributed by atoms with Gasteiger partial charge in [-0.3, -0.25) is 4.79 Å². The summed E-state index contributed by atoms with van der Waals surface area (Å²) in [6.07, 6.45) is 7.00. The van der Waals surface area contributed by atoms with Crippen molar-refractivity contribution in [3.63, 3.8) is 0 Å². The van der Waals surface area contributed by atoms with E-state index in [1.165, 1.54) is 38.6 Å². The third kappa shape index (κ3) is 3.84. The summed E-state index contributed by atoms with van der Waals surface area (Å²) in [5.41, 5.74) is 0.820. The highest BCUT2D eigenvalue weighted by molar-refractivity contribution is 5.77. The standard InChI is InChI=1S/C16H25N3O2/c1-12-8-15(21-18-12)9-16(20)17-10-13-6-7-19(11-13)14-4-2-3-5-14/h8,13-14H,2-7,9-11H2,1H3,(H,17,20). The Balaban J connectivity index is 1.38. The molecule has 3 rings (SSSR count). The van der Waals surface area contributed by atoms with E-state index < -0.39 is 0 Å². The molecule has 1 aromatic rings. The molecule has 0 aromatic carbocycles. The molecule has 0 spiro atoms. The second-order valence-electron chi connectivity index (χ2n) is 6.50. The number of nitrogens with zero attached hydrogens (tertiary/aromatic N) is 2. The predicted octanol–water partition coefficient (Wildman–Crippen LogP) is 1.91. The number of aryl methyl sites for hydroxylation is 1. The van der Waals surface area contributed by atoms with Crippen LogP contribution in [-0.4, -0.2) is 41.6 Å². The summed E-state index contributed by atoms with van der Waals surface area (Å²) in [5.74, 6) is 1.28. The van der Waals surface area contributed by atoms with E-state index >= 15 is 0 Å². The van der Waals surface area contributed by atoms with Gasteiger partial charge in [0.1, 0.15) is 5.76 Å². The SMILES string of the molecule is Cc1cc(CC(=O)NCC2CCN(C3CCCC3)C2)on1. The number of hydrogen-bond acceptors (Lipinski definition) is 4. The molecule has 5 nitrogen and oxygen atoms in total. The molecule has 2 aliphatic rings. The molecule has 21 heavy (non-hydrogen) atoms. The smallest absolute Gasteiger partial charge is 0.227 e. The number of carbonyl (C=O) groups excluding carboxylic acids is 1. The van der Waals surface area contributed by atoms with Crippen LogP contribution in [0.15, 0.2) is 10.6 Å². The van der Waals surface area contributed by atoms with Gasteiger partial charge in [-0.25, -0.2) is 0 Å². The molecule has 1 aliphatic heterocycles. The number of likely N-dealkylation sites (tertiary alicyclic amines) is 1. The van der Waals surface area contributed by atoms with Crippen molar-refractivity contribution < 1.29 is 9.32 Å². The summed E-state index contributed by atoms with van der Waals surface area (Å²) in [6, 6.07) is 2.62. The van der Waals surface area contributed by atoms with Crippen LogP contribution in [0.5, 0.6) is 0 Å². The lowest BCUT2D eigenvalue weighted by atomic mass is 10.1. The van der Waals surface area contributed by atoms with Crippen molar-refractivity contribution in [2.45, 2.75) is 51.5 Å². The summed E-state index contributed by atoms with van der Waals surface area (Å²) in [5, 5.41) is 6.84. The number of amides is 1. The van der Waals surface area contributed by atoms with Crippen molar-refractivity contribution in [3.8, 4) is 0 Å². The lowest BCUT2D eigenvalue weighted by Crippen LogP contribution is -2.34. The van der Waals surface area contributed by atoms with Crippen LogP contribution in [-0.2, 0) is 11.2 Å². The first-order chi connectivity index (χ1) is 10.2. The van der Waals surface area contributed by atoms with E-state index in [0.717, 1.165) is 24.8 Å². The third-order valence-electron chi connectivity index (χ3n) is 4.76. The van der Waals surface area contributed by atoms with Crippen LogP contribution in [0.25, 0.3) is 0 Å². The van der Waals surface area contributed by atoms with Crippen LogP contribution in [0.1, 0.15) is 43.6 Å². The van der Waals surface area contributed by atoms with Gasteiger partial charge in [0.15, 0.2) is 0 Å². The van der Waals surface area contributed by atoms with Gasteiger partial charge in [-0.05, 0) is 38.6 Å². The Morgan fingerprint density at radius 2 is 2.24 bits per heavy atom. The maximum Gasteiger partial charge on any atom is 0.227 e. The fourth-order valence-electron chi connectivity index (χ4n) is 3.61. The molecule has 116 valence electrons. The topological polar surface area (TPSA) is 58.4 Å². The molecule has 1 aromatic heterocycles. The van der Waals surface area contributed by atoms with E-state index in [2.05, 4.69) is 15.4 Å². The van der Waals surface area contributed by atoms with Crippen LogP contribution in [0.4, 0.5) is 0 Å². The molecule has 1 saturated heterocycles. The van der Waals surface area contributed by atoms with Crippen LogP contribution >= 0.6 is 0 Å². The second-order valence-corrected chi connectivity index (χ2v) is 6.50. The Labute approximate surface area is 126 Å². The quantitative estimate of drug-likeness (QED) is 0.900. The van der Waals surface area contributed by atoms with Crippen molar-refractivity contribution in [2.24, 2.45) is 5.92 Å². The molecule has 1 atom stereocenters. The Morgan fingerprint density at radius 1 is 1.43 bits per heavy atom. The molecular formula is C16H25N3O2. The summed E-state index contributed by atoms with van der Waals surface area (Å²) < 4.78 is 5.07. The minimum atomic E-state index is 0.0328. The van der Waals surface area contributed by atoms with Gasteiger partial charge in [0, 0.05) is 25.2 Å². The van der Waals surface area contributed by atoms with E-state index in [9.17, 15) is 4.79 Å². The molecule has 2 heterocycles. The molecule has 5 heteroatoms. The predicted molar refractivity (Wildman–Crippen MR) is 79.9 cm³/mol. The Morgan fingerprint density at radius 3 is 2.95 bits per heavy atom. The van der Waals surface area contributed by atoms with Gasteiger partial charge in [0.25, 0.3) is 0 Å². The first-order valence-electron chi connectivity index (χ1n) is 8.13. The summed E-state index contributed by atoms with van der Waals surface area (Å²) in [7, 11) is 0. The van der Waals surface area contributed by atoms with E-state index in [0.29, 0.717) is 18.1 Å². The highest BCUT2D eigenvalue weighted by Gasteiger charge is 2.29. The molecule has 1 saturated carbocycles. The minimum Gasteiger partial charge on any atom is -0.361 e. The van der Waals surface area contributed by atoms with Gasteiger partial charge in [0.2, 0.25) is 5.91 Å². The van der Waals surface area contributed by atoms with Gasteiger partial charge < -0.3 is 14.7 Å². The van der Waals surface area contributed by atoms with Crippen LogP contribution in [0.2, 0.25) is 0 Å². The number of carbonyl (C=O) groups is 1. The van der Waals surface area contributed by atoms with Gasteiger partial charge in [-0.2, -0.15) is 0 Å². The van der Waals surface area contributed by atoms with E-state index in [1.54, 1.807) is 0 Å². The lowest BCUT2D eigenvalue weighted by molar-refractivity contribution is -0.120. The number of aromatic nitrogens is 1. The first kappa shape index (κ1) is 14.6. The fraction of sp³-hybridized carbons (Fsp3) is 0.750. The first-order valence-corrected chi connectivity index (χ1v) is 8.13. The van der Waals surface area contributed by atoms with Crippen LogP contribution in [0.3, 0.4) is 0 Å². The van der Waals surface area contributed by atoms with E-state index in [1.807, 2.05) is 13.0 Å². The highest BCUT2D eigenvalue weighted by Crippen LogP contribution is 2.28. The molecule has 1 aliphatic carbocycles. The Bertz CT molecular complexity index is 480. The molecule has 0 bridgehead atoms. The average Bonchev–Trinajstić information content (AvgIpc) is 3.17. The highest BCUT2D eigenvalue weighted by atomic mass is 16.5. The van der Waals surface area contributed by atoms with Crippen molar-refractivity contribution >= 4 is 5.91 Å². The van der Waals surface area contributed by atoms with Crippen molar-refractivity contribution in [1.82, 2.24) is 15.4 Å². The van der Waals surface area contributed by atoms with Crippen LogP contribution in [0, 0.1) is 12.8 Å². The summed E-state index contributed by atoms with van der Waals surface area (Å²) in [4.78, 5) is 14.5. The third-order valence-corrected chi connectivity index (χ3v) is 4.76. The molecule has 0 radical (unpaired) electrons. The van der Waals surface area contributed by atoms with Crippen molar-refractivity contribution in [1.29, 1.82) is 0 Å².